The van der Waals surface area contributed by atoms with E-state index in [0.29, 0.717) is 12.8 Å². The topological polar surface area (TPSA) is 81.8 Å². The number of piperidine rings is 1. The molecule has 158 valence electrons. The normalized spacial score (nSPS) is 24.4. The van der Waals surface area contributed by atoms with Crippen LogP contribution in [0, 0.1) is 5.92 Å². The molecule has 0 atom stereocenters. The van der Waals surface area contributed by atoms with Crippen molar-refractivity contribution in [3.05, 3.63) is 0 Å². The van der Waals surface area contributed by atoms with E-state index in [4.69, 9.17) is 0 Å². The number of rotatable bonds is 7. The molecular weight excluding hydrogens is 356 g/mol. The molecule has 0 radical (unpaired) electrons. The number of nitrogens with one attached hydrogen (secondary N) is 2. The van der Waals surface area contributed by atoms with E-state index in [0.717, 1.165) is 36.7 Å². The molecule has 28 heavy (non-hydrogen) atoms. The quantitative estimate of drug-likeness (QED) is 0.651. The van der Waals surface area contributed by atoms with Gasteiger partial charge in [0.05, 0.1) is 0 Å². The SMILES string of the molecule is CCC1(CC)NC(=O)N(CC(=O)NC2CCN(CC3CCCCC3)CC2)C1=O. The largest absolute Gasteiger partial charge is 0.352 e. The van der Waals surface area contributed by atoms with Gasteiger partial charge in [-0.2, -0.15) is 0 Å². The van der Waals surface area contributed by atoms with E-state index in [9.17, 15) is 14.4 Å². The number of imide groups is 1. The lowest BCUT2D eigenvalue weighted by molar-refractivity contribution is -0.135. The minimum Gasteiger partial charge on any atom is -0.352 e. The standard InChI is InChI=1S/C21H36N4O3/c1-3-21(4-2)19(27)25(20(28)23-21)15-18(26)22-17-10-12-24(13-11-17)14-16-8-6-5-7-9-16/h16-17H,3-15H2,1-2H3,(H,22,26)(H,23,28). The van der Waals surface area contributed by atoms with Crippen LogP contribution in [0.2, 0.25) is 0 Å². The number of carbonyl (C=O) groups excluding carboxylic acids is 3. The molecular formula is C21H36N4O3. The first-order valence-corrected chi connectivity index (χ1v) is 11.1. The lowest BCUT2D eigenvalue weighted by atomic mass is 9.88. The first-order chi connectivity index (χ1) is 13.5. The molecule has 7 heteroatoms. The third-order valence-corrected chi connectivity index (χ3v) is 6.95. The van der Waals surface area contributed by atoms with Crippen LogP contribution in [0.3, 0.4) is 0 Å². The van der Waals surface area contributed by atoms with Gasteiger partial charge < -0.3 is 15.5 Å². The van der Waals surface area contributed by atoms with E-state index in [1.54, 1.807) is 0 Å². The fraction of sp³-hybridized carbons (Fsp3) is 0.857. The van der Waals surface area contributed by atoms with Gasteiger partial charge in [-0.3, -0.25) is 14.5 Å². The Balaban J connectivity index is 1.42. The van der Waals surface area contributed by atoms with Gasteiger partial charge in [0.2, 0.25) is 5.91 Å². The summed E-state index contributed by atoms with van der Waals surface area (Å²) in [5, 5.41) is 5.81. The summed E-state index contributed by atoms with van der Waals surface area (Å²) >= 11 is 0. The molecule has 4 amide bonds. The highest BCUT2D eigenvalue weighted by molar-refractivity contribution is 6.08. The number of urea groups is 1. The molecule has 2 heterocycles. The smallest absolute Gasteiger partial charge is 0.325 e. The maximum Gasteiger partial charge on any atom is 0.325 e. The lowest BCUT2D eigenvalue weighted by Gasteiger charge is -2.35. The second-order valence-electron chi connectivity index (χ2n) is 8.76. The number of nitrogens with zero attached hydrogens (tertiary/aromatic N) is 2. The van der Waals surface area contributed by atoms with Crippen molar-refractivity contribution in [3.63, 3.8) is 0 Å². The van der Waals surface area contributed by atoms with Crippen molar-refractivity contribution in [2.24, 2.45) is 5.92 Å². The Kier molecular flexibility index (Phi) is 6.96. The van der Waals surface area contributed by atoms with Crippen molar-refractivity contribution < 1.29 is 14.4 Å². The molecule has 0 bridgehead atoms. The van der Waals surface area contributed by atoms with Crippen LogP contribution >= 0.6 is 0 Å². The van der Waals surface area contributed by atoms with Gasteiger partial charge in [0.1, 0.15) is 12.1 Å². The van der Waals surface area contributed by atoms with Crippen LogP contribution in [0.1, 0.15) is 71.6 Å². The number of amides is 4. The van der Waals surface area contributed by atoms with Crippen LogP contribution in [0.5, 0.6) is 0 Å². The maximum absolute atomic E-state index is 12.6. The molecule has 0 aromatic carbocycles. The van der Waals surface area contributed by atoms with Crippen LogP contribution in [0.15, 0.2) is 0 Å². The number of hydrogen-bond donors (Lipinski definition) is 2. The van der Waals surface area contributed by atoms with Gasteiger partial charge in [-0.15, -0.1) is 0 Å². The number of hydrogen-bond acceptors (Lipinski definition) is 4. The maximum atomic E-state index is 12.6. The minimum atomic E-state index is -0.845. The minimum absolute atomic E-state index is 0.137. The van der Waals surface area contributed by atoms with Gasteiger partial charge in [0.25, 0.3) is 5.91 Å². The van der Waals surface area contributed by atoms with Gasteiger partial charge in [0, 0.05) is 25.7 Å². The van der Waals surface area contributed by atoms with Crippen molar-refractivity contribution in [3.8, 4) is 0 Å². The third-order valence-electron chi connectivity index (χ3n) is 6.95. The summed E-state index contributed by atoms with van der Waals surface area (Å²) in [4.78, 5) is 40.9. The van der Waals surface area contributed by atoms with E-state index in [-0.39, 0.29) is 24.4 Å². The van der Waals surface area contributed by atoms with Gasteiger partial charge in [-0.1, -0.05) is 33.1 Å². The Morgan fingerprint density at radius 3 is 2.29 bits per heavy atom. The highest BCUT2D eigenvalue weighted by Crippen LogP contribution is 2.26. The van der Waals surface area contributed by atoms with E-state index in [2.05, 4.69) is 15.5 Å². The summed E-state index contributed by atoms with van der Waals surface area (Å²) in [5.41, 5.74) is -0.845. The summed E-state index contributed by atoms with van der Waals surface area (Å²) in [7, 11) is 0. The van der Waals surface area contributed by atoms with E-state index >= 15 is 0 Å². The van der Waals surface area contributed by atoms with Crippen molar-refractivity contribution in [1.82, 2.24) is 20.4 Å². The molecule has 1 saturated carbocycles. The molecule has 0 aromatic rings. The van der Waals surface area contributed by atoms with Crippen LogP contribution in [-0.4, -0.2) is 65.4 Å². The first kappa shape index (κ1) is 21.1. The molecule has 2 saturated heterocycles. The van der Waals surface area contributed by atoms with Gasteiger partial charge in [0.15, 0.2) is 0 Å². The van der Waals surface area contributed by atoms with Crippen LogP contribution < -0.4 is 10.6 Å². The number of carbonyl (C=O) groups is 3. The van der Waals surface area contributed by atoms with Gasteiger partial charge in [-0.25, -0.2) is 4.79 Å². The molecule has 2 aliphatic heterocycles. The lowest BCUT2D eigenvalue weighted by Crippen LogP contribution is -2.49. The first-order valence-electron chi connectivity index (χ1n) is 11.1. The van der Waals surface area contributed by atoms with Crippen LogP contribution in [0.4, 0.5) is 4.79 Å². The second kappa shape index (κ2) is 9.25. The Labute approximate surface area is 168 Å². The van der Waals surface area contributed by atoms with Crippen LogP contribution in [0.25, 0.3) is 0 Å². The van der Waals surface area contributed by atoms with Crippen molar-refractivity contribution in [2.45, 2.75) is 83.2 Å². The zero-order valence-corrected chi connectivity index (χ0v) is 17.5. The predicted octanol–water partition coefficient (Wildman–Crippen LogP) is 2.26. The van der Waals surface area contributed by atoms with Crippen molar-refractivity contribution in [1.29, 1.82) is 0 Å². The monoisotopic (exact) mass is 392 g/mol. The fourth-order valence-corrected chi connectivity index (χ4v) is 4.96. The Morgan fingerprint density at radius 2 is 1.71 bits per heavy atom. The summed E-state index contributed by atoms with van der Waals surface area (Å²) in [6.45, 7) is 6.80. The van der Waals surface area contributed by atoms with Crippen molar-refractivity contribution in [2.75, 3.05) is 26.2 Å². The molecule has 0 aromatic heterocycles. The average Bonchev–Trinajstić information content (AvgIpc) is 2.95. The summed E-state index contributed by atoms with van der Waals surface area (Å²) in [6, 6.07) is -0.316. The summed E-state index contributed by atoms with van der Waals surface area (Å²) in [5.74, 6) is 0.328. The van der Waals surface area contributed by atoms with Gasteiger partial charge in [-0.05, 0) is 44.4 Å². The molecule has 7 nitrogen and oxygen atoms in total. The molecule has 0 spiro atoms. The Hall–Kier alpha value is -1.63. The summed E-state index contributed by atoms with van der Waals surface area (Å²) in [6.07, 6.45) is 9.80. The number of likely N-dealkylation sites (tertiary alicyclic amines) is 1. The molecule has 3 fully saturated rings. The van der Waals surface area contributed by atoms with E-state index in [1.807, 2.05) is 13.8 Å². The van der Waals surface area contributed by atoms with Crippen molar-refractivity contribution >= 4 is 17.8 Å². The van der Waals surface area contributed by atoms with E-state index < -0.39 is 11.6 Å². The Bertz CT molecular complexity index is 576. The Morgan fingerprint density at radius 1 is 1.07 bits per heavy atom. The molecule has 1 aliphatic carbocycles. The fourth-order valence-electron chi connectivity index (χ4n) is 4.96. The highest BCUT2D eigenvalue weighted by Gasteiger charge is 2.49. The zero-order valence-electron chi connectivity index (χ0n) is 17.5. The summed E-state index contributed by atoms with van der Waals surface area (Å²) < 4.78 is 0. The molecule has 2 N–H and O–H groups in total. The third kappa shape index (κ3) is 4.67. The molecule has 3 aliphatic rings. The highest BCUT2D eigenvalue weighted by atomic mass is 16.2. The predicted molar refractivity (Wildman–Crippen MR) is 108 cm³/mol. The molecule has 3 rings (SSSR count). The second-order valence-corrected chi connectivity index (χ2v) is 8.76. The average molecular weight is 393 g/mol. The van der Waals surface area contributed by atoms with Gasteiger partial charge >= 0.3 is 6.03 Å². The van der Waals surface area contributed by atoms with E-state index in [1.165, 1.54) is 38.6 Å². The van der Waals surface area contributed by atoms with Crippen LogP contribution in [-0.2, 0) is 9.59 Å². The zero-order chi connectivity index (χ0) is 20.1. The molecule has 0 unspecified atom stereocenters.